The van der Waals surface area contributed by atoms with E-state index in [9.17, 15) is 18.0 Å². The normalized spacial score (nSPS) is 20.2. The molecule has 1 atom stereocenters. The molecule has 4 rings (SSSR count). The molecule has 2 saturated heterocycles. The van der Waals surface area contributed by atoms with Crippen molar-refractivity contribution >= 4 is 11.7 Å². The second kappa shape index (κ2) is 8.77. The number of rotatable bonds is 4. The van der Waals surface area contributed by atoms with Gasteiger partial charge in [0.2, 0.25) is 5.91 Å². The summed E-state index contributed by atoms with van der Waals surface area (Å²) in [4.78, 5) is 21.2. The molecule has 2 aromatic rings. The summed E-state index contributed by atoms with van der Waals surface area (Å²) in [6.07, 6.45) is -0.235. The van der Waals surface area contributed by atoms with Gasteiger partial charge >= 0.3 is 6.18 Å². The number of anilines is 1. The molecule has 0 saturated carbocycles. The monoisotopic (exact) mass is 433 g/mol. The van der Waals surface area contributed by atoms with E-state index in [0.717, 1.165) is 43.0 Å². The lowest BCUT2D eigenvalue weighted by atomic mass is 9.94. The fourth-order valence-corrected chi connectivity index (χ4v) is 4.53. The zero-order valence-electron chi connectivity index (χ0n) is 17.4. The highest BCUT2D eigenvalue weighted by atomic mass is 19.4. The van der Waals surface area contributed by atoms with E-state index < -0.39 is 11.7 Å². The number of benzene rings is 1. The van der Waals surface area contributed by atoms with Crippen molar-refractivity contribution in [3.63, 3.8) is 0 Å². The van der Waals surface area contributed by atoms with Crippen molar-refractivity contribution in [2.24, 2.45) is 5.92 Å². The van der Waals surface area contributed by atoms with Crippen LogP contribution in [-0.4, -0.2) is 42.5 Å². The van der Waals surface area contributed by atoms with Gasteiger partial charge in [0.1, 0.15) is 11.6 Å². The number of carbonyl (C=O) groups excluding carboxylic acids is 1. The molecule has 1 amide bonds. The Bertz CT molecular complexity index is 892. The molecule has 31 heavy (non-hydrogen) atoms. The third-order valence-corrected chi connectivity index (χ3v) is 6.28. The highest BCUT2D eigenvalue weighted by molar-refractivity contribution is 5.80. The third kappa shape index (κ3) is 4.62. The van der Waals surface area contributed by atoms with E-state index in [1.807, 2.05) is 34.1 Å². The predicted octanol–water partition coefficient (Wildman–Crippen LogP) is 4.69. The van der Waals surface area contributed by atoms with Gasteiger partial charge < -0.3 is 14.5 Å². The minimum atomic E-state index is -4.39. The molecule has 1 unspecified atom stereocenters. The number of hydrogen-bond donors (Lipinski definition) is 0. The number of nitrogens with zero attached hydrogens (tertiary/aromatic N) is 3. The van der Waals surface area contributed by atoms with Gasteiger partial charge in [-0.2, -0.15) is 13.2 Å². The predicted molar refractivity (Wildman–Crippen MR) is 111 cm³/mol. The smallest absolute Gasteiger partial charge is 0.417 e. The Morgan fingerprint density at radius 3 is 2.32 bits per heavy atom. The van der Waals surface area contributed by atoms with Gasteiger partial charge in [-0.05, 0) is 55.5 Å². The van der Waals surface area contributed by atoms with Crippen LogP contribution in [0, 0.1) is 5.92 Å². The molecule has 2 aliphatic rings. The van der Waals surface area contributed by atoms with Crippen molar-refractivity contribution in [2.75, 3.05) is 31.6 Å². The Balaban J connectivity index is 1.37. The molecular weight excluding hydrogens is 407 g/mol. The average molecular weight is 433 g/mol. The Kier molecular flexibility index (Phi) is 6.07. The lowest BCUT2D eigenvalue weighted by Crippen LogP contribution is -2.42. The molecule has 3 heterocycles. The van der Waals surface area contributed by atoms with Gasteiger partial charge in [-0.1, -0.05) is 12.1 Å². The highest BCUT2D eigenvalue weighted by Crippen LogP contribution is 2.36. The molecule has 0 spiro atoms. The lowest BCUT2D eigenvalue weighted by Gasteiger charge is -2.35. The van der Waals surface area contributed by atoms with Gasteiger partial charge in [-0.25, -0.2) is 4.98 Å². The number of hydrogen-bond acceptors (Lipinski definition) is 4. The minimum absolute atomic E-state index is 0.0652. The van der Waals surface area contributed by atoms with E-state index in [4.69, 9.17) is 4.74 Å². The quantitative estimate of drug-likeness (QED) is 0.702. The lowest BCUT2D eigenvalue weighted by molar-refractivity contribution is -0.138. The molecule has 2 aliphatic heterocycles. The van der Waals surface area contributed by atoms with Crippen molar-refractivity contribution in [2.45, 2.75) is 37.9 Å². The molecule has 166 valence electrons. The number of methoxy groups -OCH3 is 1. The third-order valence-electron chi connectivity index (χ3n) is 6.28. The van der Waals surface area contributed by atoms with Crippen LogP contribution in [0.2, 0.25) is 0 Å². The summed E-state index contributed by atoms with van der Waals surface area (Å²) in [7, 11) is 1.63. The molecule has 0 N–H and O–H groups in total. The van der Waals surface area contributed by atoms with Crippen molar-refractivity contribution in [3.05, 3.63) is 53.7 Å². The maximum absolute atomic E-state index is 13.2. The summed E-state index contributed by atoms with van der Waals surface area (Å²) in [6.45, 7) is 1.97. The number of piperidine rings is 1. The fourth-order valence-electron chi connectivity index (χ4n) is 4.53. The van der Waals surface area contributed by atoms with E-state index in [1.165, 1.54) is 6.07 Å². The Labute approximate surface area is 179 Å². The van der Waals surface area contributed by atoms with Crippen LogP contribution in [0.4, 0.5) is 19.0 Å². The standard InChI is InChI=1S/C23H26F3N3O2/c1-31-19-7-4-16(5-8-19)20-3-2-12-29(20)22(30)17-10-13-28(14-11-17)21-9-6-18(15-27-21)23(24,25)26/h4-9,15,17,20H,2-3,10-14H2,1H3. The molecule has 2 fully saturated rings. The van der Waals surface area contributed by atoms with Crippen molar-refractivity contribution in [1.29, 1.82) is 0 Å². The second-order valence-electron chi connectivity index (χ2n) is 8.13. The van der Waals surface area contributed by atoms with E-state index in [1.54, 1.807) is 7.11 Å². The van der Waals surface area contributed by atoms with Crippen LogP contribution in [0.15, 0.2) is 42.6 Å². The van der Waals surface area contributed by atoms with Gasteiger partial charge in [-0.15, -0.1) is 0 Å². The maximum Gasteiger partial charge on any atom is 0.417 e. The first kappa shape index (κ1) is 21.5. The highest BCUT2D eigenvalue weighted by Gasteiger charge is 2.36. The Morgan fingerprint density at radius 2 is 1.74 bits per heavy atom. The van der Waals surface area contributed by atoms with E-state index in [-0.39, 0.29) is 17.9 Å². The van der Waals surface area contributed by atoms with Crippen molar-refractivity contribution in [1.82, 2.24) is 9.88 Å². The van der Waals surface area contributed by atoms with Crippen LogP contribution < -0.4 is 9.64 Å². The molecular formula is C23H26F3N3O2. The van der Waals surface area contributed by atoms with Gasteiger partial charge in [0.25, 0.3) is 0 Å². The zero-order valence-corrected chi connectivity index (χ0v) is 17.4. The fraction of sp³-hybridized carbons (Fsp3) is 0.478. The summed E-state index contributed by atoms with van der Waals surface area (Å²) >= 11 is 0. The summed E-state index contributed by atoms with van der Waals surface area (Å²) in [5, 5.41) is 0. The minimum Gasteiger partial charge on any atom is -0.497 e. The average Bonchev–Trinajstić information content (AvgIpc) is 3.28. The molecule has 0 radical (unpaired) electrons. The van der Waals surface area contributed by atoms with Gasteiger partial charge in [-0.3, -0.25) is 4.79 Å². The number of alkyl halides is 3. The zero-order chi connectivity index (χ0) is 22.0. The van der Waals surface area contributed by atoms with Gasteiger partial charge in [0.05, 0.1) is 18.7 Å². The number of halogens is 3. The summed E-state index contributed by atoms with van der Waals surface area (Å²) < 4.78 is 43.4. The molecule has 0 aliphatic carbocycles. The first-order valence-electron chi connectivity index (χ1n) is 10.6. The number of ether oxygens (including phenoxy) is 1. The van der Waals surface area contributed by atoms with Crippen LogP contribution >= 0.6 is 0 Å². The van der Waals surface area contributed by atoms with E-state index >= 15 is 0 Å². The molecule has 5 nitrogen and oxygen atoms in total. The first-order valence-corrected chi connectivity index (χ1v) is 10.6. The van der Waals surface area contributed by atoms with Crippen LogP contribution in [0.5, 0.6) is 5.75 Å². The second-order valence-corrected chi connectivity index (χ2v) is 8.13. The first-order chi connectivity index (χ1) is 14.9. The molecule has 0 bridgehead atoms. The van der Waals surface area contributed by atoms with Crippen molar-refractivity contribution in [3.8, 4) is 5.75 Å². The molecule has 8 heteroatoms. The number of amides is 1. The van der Waals surface area contributed by atoms with Gasteiger partial charge in [0.15, 0.2) is 0 Å². The topological polar surface area (TPSA) is 45.7 Å². The summed E-state index contributed by atoms with van der Waals surface area (Å²) in [5.41, 5.74) is 0.373. The maximum atomic E-state index is 13.2. The number of likely N-dealkylation sites (tertiary alicyclic amines) is 1. The van der Waals surface area contributed by atoms with Crippen LogP contribution in [-0.2, 0) is 11.0 Å². The molecule has 1 aromatic carbocycles. The Hall–Kier alpha value is -2.77. The SMILES string of the molecule is COc1ccc(C2CCCN2C(=O)C2CCN(c3ccc(C(F)(F)F)cn3)CC2)cc1. The van der Waals surface area contributed by atoms with E-state index in [2.05, 4.69) is 4.98 Å². The number of aromatic nitrogens is 1. The van der Waals surface area contributed by atoms with Crippen LogP contribution in [0.3, 0.4) is 0 Å². The van der Waals surface area contributed by atoms with Crippen LogP contribution in [0.1, 0.15) is 42.9 Å². The Morgan fingerprint density at radius 1 is 1.03 bits per heavy atom. The molecule has 1 aromatic heterocycles. The number of pyridine rings is 1. The van der Waals surface area contributed by atoms with Crippen LogP contribution in [0.25, 0.3) is 0 Å². The largest absolute Gasteiger partial charge is 0.497 e. The number of carbonyl (C=O) groups is 1. The summed E-state index contributed by atoms with van der Waals surface area (Å²) in [5.74, 6) is 1.43. The van der Waals surface area contributed by atoms with Gasteiger partial charge in [0, 0.05) is 31.7 Å². The summed E-state index contributed by atoms with van der Waals surface area (Å²) in [6, 6.07) is 10.4. The van der Waals surface area contributed by atoms with E-state index in [0.29, 0.717) is 31.7 Å². The van der Waals surface area contributed by atoms with Crippen molar-refractivity contribution < 1.29 is 22.7 Å².